The number of fused-ring (bicyclic) bond motifs is 1. The highest BCUT2D eigenvalue weighted by Gasteiger charge is 2.31. The predicted molar refractivity (Wildman–Crippen MR) is 140 cm³/mol. The Hall–Kier alpha value is -3.70. The molecule has 4 rings (SSSR count). The van der Waals surface area contributed by atoms with E-state index in [1.54, 1.807) is 35.6 Å². The van der Waals surface area contributed by atoms with Crippen LogP contribution in [0.25, 0.3) is 21.2 Å². The number of nitrogen functional groups attached to an aromatic ring is 1. The average Bonchev–Trinajstić information content (AvgIpc) is 3.31. The molecule has 2 amide bonds. The van der Waals surface area contributed by atoms with E-state index in [9.17, 15) is 22.4 Å². The van der Waals surface area contributed by atoms with E-state index < -0.39 is 29.3 Å². The van der Waals surface area contributed by atoms with E-state index in [1.807, 2.05) is 11.6 Å². The van der Waals surface area contributed by atoms with Crippen LogP contribution in [-0.2, 0) is 12.7 Å². The zero-order valence-electron chi connectivity index (χ0n) is 20.1. The number of nitrogens with one attached hydrogen (secondary N) is 2. The van der Waals surface area contributed by atoms with Gasteiger partial charge in [0.1, 0.15) is 11.6 Å². The smallest absolute Gasteiger partial charge is 0.383 e. The van der Waals surface area contributed by atoms with E-state index in [2.05, 4.69) is 34.4 Å². The number of nitrogens with zero attached hydrogens (tertiary/aromatic N) is 2. The molecule has 0 aliphatic heterocycles. The monoisotopic (exact) mass is 531 g/mol. The Morgan fingerprint density at radius 2 is 1.78 bits per heavy atom. The zero-order chi connectivity index (χ0) is 26.7. The summed E-state index contributed by atoms with van der Waals surface area (Å²) in [6.07, 6.45) is -2.84. The van der Waals surface area contributed by atoms with Crippen molar-refractivity contribution in [1.29, 1.82) is 0 Å². The number of hydrogen-bond donors (Lipinski definition) is 3. The molecule has 0 unspecified atom stereocenters. The van der Waals surface area contributed by atoms with Crippen LogP contribution in [-0.4, -0.2) is 29.0 Å². The molecule has 11 heteroatoms. The predicted octanol–water partition coefficient (Wildman–Crippen LogP) is 7.19. The van der Waals surface area contributed by atoms with Gasteiger partial charge in [-0.3, -0.25) is 4.90 Å². The molecule has 0 aliphatic rings. The number of hydrogen-bond acceptors (Lipinski definition) is 5. The quantitative estimate of drug-likeness (QED) is 0.221. The summed E-state index contributed by atoms with van der Waals surface area (Å²) in [5.74, 6) is -0.548. The maximum atomic E-state index is 13.9. The highest BCUT2D eigenvalue weighted by Crippen LogP contribution is 2.39. The van der Waals surface area contributed by atoms with Gasteiger partial charge in [0.2, 0.25) is 0 Å². The first kappa shape index (κ1) is 26.4. The number of thiophene rings is 1. The van der Waals surface area contributed by atoms with Crippen LogP contribution < -0.4 is 16.4 Å². The van der Waals surface area contributed by atoms with E-state index in [1.165, 1.54) is 0 Å². The molecule has 0 bridgehead atoms. The van der Waals surface area contributed by atoms with Crippen LogP contribution in [0.15, 0.2) is 54.0 Å². The SMILES string of the molecule is CCN(CC)Cc1cnc(N)c2c(-c3ccc(NC(=O)Nc4cc(C(F)(F)F)ccc4F)cc3)csc12. The Balaban J connectivity index is 1.52. The number of nitrogens with two attached hydrogens (primary N) is 1. The van der Waals surface area contributed by atoms with Crippen LogP contribution in [0.1, 0.15) is 25.0 Å². The highest BCUT2D eigenvalue weighted by atomic mass is 32.1. The van der Waals surface area contributed by atoms with E-state index in [0.29, 0.717) is 29.7 Å². The van der Waals surface area contributed by atoms with Crippen molar-refractivity contribution in [3.05, 3.63) is 71.0 Å². The number of carbonyl (C=O) groups excluding carboxylic acids is 1. The van der Waals surface area contributed by atoms with Crippen molar-refractivity contribution in [2.24, 2.45) is 0 Å². The molecule has 0 saturated carbocycles. The molecule has 2 aromatic carbocycles. The number of amides is 2. The second-order valence-corrected chi connectivity index (χ2v) is 9.21. The third-order valence-electron chi connectivity index (χ3n) is 5.98. The lowest BCUT2D eigenvalue weighted by Crippen LogP contribution is -2.22. The molecule has 0 radical (unpaired) electrons. The van der Waals surface area contributed by atoms with Crippen molar-refractivity contribution in [3.8, 4) is 11.1 Å². The third-order valence-corrected chi connectivity index (χ3v) is 7.04. The summed E-state index contributed by atoms with van der Waals surface area (Å²) < 4.78 is 53.7. The normalized spacial score (nSPS) is 11.8. The fourth-order valence-corrected chi connectivity index (χ4v) is 5.04. The van der Waals surface area contributed by atoms with Crippen molar-refractivity contribution in [2.45, 2.75) is 26.6 Å². The van der Waals surface area contributed by atoms with Gasteiger partial charge >= 0.3 is 12.2 Å². The van der Waals surface area contributed by atoms with Gasteiger partial charge in [-0.15, -0.1) is 11.3 Å². The van der Waals surface area contributed by atoms with Crippen LogP contribution in [0.2, 0.25) is 0 Å². The van der Waals surface area contributed by atoms with E-state index in [0.717, 1.165) is 46.4 Å². The molecule has 37 heavy (non-hydrogen) atoms. The minimum Gasteiger partial charge on any atom is -0.383 e. The topological polar surface area (TPSA) is 83.3 Å². The van der Waals surface area contributed by atoms with Crippen molar-refractivity contribution in [3.63, 3.8) is 0 Å². The summed E-state index contributed by atoms with van der Waals surface area (Å²) >= 11 is 1.59. The van der Waals surface area contributed by atoms with Gasteiger partial charge in [-0.05, 0) is 54.4 Å². The van der Waals surface area contributed by atoms with Gasteiger partial charge in [0.05, 0.1) is 11.3 Å². The number of carbonyl (C=O) groups is 1. The number of benzene rings is 2. The minimum atomic E-state index is -4.66. The summed E-state index contributed by atoms with van der Waals surface area (Å²) in [5, 5.41) is 7.51. The van der Waals surface area contributed by atoms with Gasteiger partial charge < -0.3 is 16.4 Å². The highest BCUT2D eigenvalue weighted by molar-refractivity contribution is 7.18. The number of urea groups is 1. The molecule has 0 fully saturated rings. The van der Waals surface area contributed by atoms with Crippen molar-refractivity contribution in [2.75, 3.05) is 29.5 Å². The minimum absolute atomic E-state index is 0.376. The van der Waals surface area contributed by atoms with Crippen LogP contribution >= 0.6 is 11.3 Å². The van der Waals surface area contributed by atoms with Gasteiger partial charge in [-0.1, -0.05) is 26.0 Å². The van der Waals surface area contributed by atoms with Crippen LogP contribution in [0, 0.1) is 5.82 Å². The molecular weight excluding hydrogens is 506 g/mol. The molecule has 6 nitrogen and oxygen atoms in total. The number of aromatic nitrogens is 1. The summed E-state index contributed by atoms with van der Waals surface area (Å²) in [4.78, 5) is 19.0. The fraction of sp³-hybridized carbons (Fsp3) is 0.231. The summed E-state index contributed by atoms with van der Waals surface area (Å²) in [5.41, 5.74) is 7.84. The molecule has 4 aromatic rings. The maximum absolute atomic E-state index is 13.9. The molecule has 0 saturated heterocycles. The van der Waals surface area contributed by atoms with Gasteiger partial charge in [0, 0.05) is 39.6 Å². The number of pyridine rings is 1. The van der Waals surface area contributed by atoms with E-state index in [4.69, 9.17) is 5.73 Å². The Morgan fingerprint density at radius 3 is 2.43 bits per heavy atom. The molecule has 2 heterocycles. The van der Waals surface area contributed by atoms with Crippen molar-refractivity contribution >= 4 is 44.6 Å². The van der Waals surface area contributed by atoms with Gasteiger partial charge in [-0.25, -0.2) is 14.2 Å². The van der Waals surface area contributed by atoms with Gasteiger partial charge in [0.25, 0.3) is 0 Å². The largest absolute Gasteiger partial charge is 0.416 e. The first-order chi connectivity index (χ1) is 17.6. The van der Waals surface area contributed by atoms with E-state index >= 15 is 0 Å². The zero-order valence-corrected chi connectivity index (χ0v) is 20.9. The molecular formula is C26H25F4N5OS. The van der Waals surface area contributed by atoms with Crippen molar-refractivity contribution in [1.82, 2.24) is 9.88 Å². The summed E-state index contributed by atoms with van der Waals surface area (Å²) in [6.45, 7) is 6.82. The van der Waals surface area contributed by atoms with E-state index in [-0.39, 0.29) is 0 Å². The average molecular weight is 532 g/mol. The first-order valence-corrected chi connectivity index (χ1v) is 12.4. The number of alkyl halides is 3. The first-order valence-electron chi connectivity index (χ1n) is 11.5. The lowest BCUT2D eigenvalue weighted by Gasteiger charge is -2.18. The Kier molecular flexibility index (Phi) is 7.65. The molecule has 4 N–H and O–H groups in total. The summed E-state index contributed by atoms with van der Waals surface area (Å²) in [7, 11) is 0. The Bertz CT molecular complexity index is 1420. The second kappa shape index (κ2) is 10.7. The van der Waals surface area contributed by atoms with Crippen molar-refractivity contribution < 1.29 is 22.4 Å². The van der Waals surface area contributed by atoms with Gasteiger partial charge in [-0.2, -0.15) is 13.2 Å². The lowest BCUT2D eigenvalue weighted by atomic mass is 10.0. The summed E-state index contributed by atoms with van der Waals surface area (Å²) in [6, 6.07) is 7.81. The number of anilines is 3. The van der Waals surface area contributed by atoms with Gasteiger partial charge in [0.15, 0.2) is 0 Å². The van der Waals surface area contributed by atoms with Crippen LogP contribution in [0.4, 0.5) is 39.5 Å². The maximum Gasteiger partial charge on any atom is 0.416 e. The second-order valence-electron chi connectivity index (χ2n) is 8.33. The van der Waals surface area contributed by atoms with Crippen LogP contribution in [0.3, 0.4) is 0 Å². The fourth-order valence-electron chi connectivity index (χ4n) is 3.95. The number of rotatable bonds is 7. The van der Waals surface area contributed by atoms with Crippen LogP contribution in [0.5, 0.6) is 0 Å². The molecule has 0 spiro atoms. The molecule has 2 aromatic heterocycles. The Morgan fingerprint density at radius 1 is 1.08 bits per heavy atom. The number of halogens is 4. The molecule has 194 valence electrons. The standard InChI is InChI=1S/C26H25F4N5OS/c1-3-35(4-2)13-16-12-32-24(31)22-19(14-37-23(16)22)15-5-8-18(9-6-15)33-25(36)34-21-11-17(26(28,29)30)7-10-20(21)27/h5-12,14H,3-4,13H2,1-2H3,(H2,31,32)(H2,33,34,36). The molecule has 0 aliphatic carbocycles. The lowest BCUT2D eigenvalue weighted by molar-refractivity contribution is -0.137. The molecule has 0 atom stereocenters. The third kappa shape index (κ3) is 5.83. The Labute approximate surface area is 215 Å².